The van der Waals surface area contributed by atoms with E-state index in [2.05, 4.69) is 11.6 Å². The highest BCUT2D eigenvalue weighted by molar-refractivity contribution is 7.92. The molecule has 7 nitrogen and oxygen atoms in total. The van der Waals surface area contributed by atoms with Gasteiger partial charge in [0, 0.05) is 18.7 Å². The summed E-state index contributed by atoms with van der Waals surface area (Å²) in [5, 5.41) is 0. The third-order valence-corrected chi connectivity index (χ3v) is 8.80. The summed E-state index contributed by atoms with van der Waals surface area (Å²) in [6.07, 6.45) is 2.42. The maximum absolute atomic E-state index is 13.2. The number of thiazole rings is 1. The number of carbonyl (C=O) groups is 1. The van der Waals surface area contributed by atoms with Crippen molar-refractivity contribution in [3.05, 3.63) is 95.3 Å². The molecule has 0 spiro atoms. The van der Waals surface area contributed by atoms with E-state index in [0.29, 0.717) is 35.6 Å². The minimum absolute atomic E-state index is 0.140. The topological polar surface area (TPSA) is 81.0 Å². The van der Waals surface area contributed by atoms with Gasteiger partial charge in [-0.1, -0.05) is 35.6 Å². The first-order valence-corrected chi connectivity index (χ1v) is 13.3. The average molecular weight is 506 g/mol. The van der Waals surface area contributed by atoms with Crippen LogP contribution in [0.25, 0.3) is 10.2 Å². The van der Waals surface area contributed by atoms with Crippen LogP contribution >= 0.6 is 11.3 Å². The van der Waals surface area contributed by atoms with Gasteiger partial charge < -0.3 is 9.30 Å². The fourth-order valence-corrected chi connectivity index (χ4v) is 6.75. The number of anilines is 1. The van der Waals surface area contributed by atoms with Gasteiger partial charge in [0.2, 0.25) is 0 Å². The minimum Gasteiger partial charge on any atom is -0.497 e. The number of sulfonamides is 1. The molecule has 1 aromatic heterocycles. The van der Waals surface area contributed by atoms with Gasteiger partial charge in [-0.05, 0) is 60.5 Å². The number of hydrogen-bond donors (Lipinski definition) is 0. The molecule has 1 amide bonds. The number of benzene rings is 3. The van der Waals surface area contributed by atoms with Crippen LogP contribution < -0.4 is 13.8 Å². The zero-order valence-electron chi connectivity index (χ0n) is 19.0. The number of amides is 1. The first-order chi connectivity index (χ1) is 16.9. The summed E-state index contributed by atoms with van der Waals surface area (Å²) in [7, 11) is -2.12. The summed E-state index contributed by atoms with van der Waals surface area (Å²) in [5.41, 5.74) is 2.95. The summed E-state index contributed by atoms with van der Waals surface area (Å²) in [4.78, 5) is 18.0. The van der Waals surface area contributed by atoms with Crippen LogP contribution in [-0.4, -0.2) is 32.5 Å². The van der Waals surface area contributed by atoms with E-state index in [4.69, 9.17) is 4.74 Å². The lowest BCUT2D eigenvalue weighted by molar-refractivity contribution is 0.0998. The number of allylic oxidation sites excluding steroid dienone is 1. The molecule has 3 aromatic carbocycles. The number of para-hydroxylation sites is 1. The largest absolute Gasteiger partial charge is 0.497 e. The zero-order chi connectivity index (χ0) is 24.6. The fourth-order valence-electron chi connectivity index (χ4n) is 4.18. The van der Waals surface area contributed by atoms with Crippen molar-refractivity contribution in [2.24, 2.45) is 4.99 Å². The van der Waals surface area contributed by atoms with Crippen LogP contribution in [0.4, 0.5) is 5.69 Å². The maximum Gasteiger partial charge on any atom is 0.279 e. The normalized spacial score (nSPS) is 13.7. The van der Waals surface area contributed by atoms with Crippen LogP contribution in [0.1, 0.15) is 15.9 Å². The van der Waals surface area contributed by atoms with Crippen LogP contribution in [0.2, 0.25) is 0 Å². The molecule has 0 radical (unpaired) electrons. The molecule has 0 saturated carbocycles. The Morgan fingerprint density at radius 3 is 2.66 bits per heavy atom. The number of rotatable bonds is 6. The molecule has 35 heavy (non-hydrogen) atoms. The average Bonchev–Trinajstić information content (AvgIpc) is 3.46. The van der Waals surface area contributed by atoms with E-state index in [1.807, 2.05) is 47.0 Å². The standard InChI is InChI=1S/C26H23N3O4S2/c1-3-15-28-23-13-10-20(33-2)17-24(23)34-26(28)27-25(30)19-8-11-21(12-9-19)35(31,32)29-16-14-18-6-4-5-7-22(18)29/h3-13,17H,1,14-16H2,2H3. The van der Waals surface area contributed by atoms with Crippen LogP contribution in [0.5, 0.6) is 5.75 Å². The maximum atomic E-state index is 13.2. The predicted octanol–water partition coefficient (Wildman–Crippen LogP) is 4.39. The number of nitrogens with zero attached hydrogens (tertiary/aromatic N) is 3. The minimum atomic E-state index is -3.73. The van der Waals surface area contributed by atoms with E-state index in [0.717, 1.165) is 21.5 Å². The van der Waals surface area contributed by atoms with Gasteiger partial charge in [-0.25, -0.2) is 8.42 Å². The summed E-state index contributed by atoms with van der Waals surface area (Å²) in [6, 6.07) is 19.1. The molecule has 0 atom stereocenters. The van der Waals surface area contributed by atoms with Gasteiger partial charge in [0.25, 0.3) is 15.9 Å². The van der Waals surface area contributed by atoms with Gasteiger partial charge in [0.05, 0.1) is 27.9 Å². The van der Waals surface area contributed by atoms with Crippen molar-refractivity contribution in [1.82, 2.24) is 4.57 Å². The zero-order valence-corrected chi connectivity index (χ0v) is 20.7. The molecule has 0 unspecified atom stereocenters. The van der Waals surface area contributed by atoms with Crippen molar-refractivity contribution in [2.75, 3.05) is 18.0 Å². The van der Waals surface area contributed by atoms with Crippen LogP contribution in [0.3, 0.4) is 0 Å². The van der Waals surface area contributed by atoms with Crippen molar-refractivity contribution in [1.29, 1.82) is 0 Å². The van der Waals surface area contributed by atoms with Gasteiger partial charge in [-0.3, -0.25) is 9.10 Å². The molecule has 0 fully saturated rings. The molecule has 4 aromatic rings. The summed E-state index contributed by atoms with van der Waals surface area (Å²) in [5.74, 6) is 0.275. The number of hydrogen-bond acceptors (Lipinski definition) is 5. The summed E-state index contributed by atoms with van der Waals surface area (Å²) >= 11 is 1.38. The third-order valence-electron chi connectivity index (χ3n) is 5.93. The Kier molecular flexibility index (Phi) is 6.04. The van der Waals surface area contributed by atoms with Gasteiger partial charge in [0.1, 0.15) is 5.75 Å². The predicted molar refractivity (Wildman–Crippen MR) is 138 cm³/mol. The van der Waals surface area contributed by atoms with E-state index in [1.165, 1.54) is 39.9 Å². The smallest absolute Gasteiger partial charge is 0.279 e. The lowest BCUT2D eigenvalue weighted by atomic mass is 10.2. The van der Waals surface area contributed by atoms with E-state index in [-0.39, 0.29) is 4.90 Å². The quantitative estimate of drug-likeness (QED) is 0.364. The molecular formula is C26H23N3O4S2. The highest BCUT2D eigenvalue weighted by atomic mass is 32.2. The van der Waals surface area contributed by atoms with E-state index in [9.17, 15) is 13.2 Å². The van der Waals surface area contributed by atoms with E-state index >= 15 is 0 Å². The van der Waals surface area contributed by atoms with Crippen molar-refractivity contribution < 1.29 is 17.9 Å². The van der Waals surface area contributed by atoms with Crippen molar-refractivity contribution in [3.63, 3.8) is 0 Å². The molecule has 0 saturated heterocycles. The molecule has 5 rings (SSSR count). The summed E-state index contributed by atoms with van der Waals surface area (Å²) < 4.78 is 36.0. The Hall–Kier alpha value is -3.69. The monoisotopic (exact) mass is 505 g/mol. The molecular weight excluding hydrogens is 482 g/mol. The number of fused-ring (bicyclic) bond motifs is 2. The van der Waals surface area contributed by atoms with Gasteiger partial charge >= 0.3 is 0 Å². The lowest BCUT2D eigenvalue weighted by Crippen LogP contribution is -2.29. The Bertz CT molecular complexity index is 1620. The van der Waals surface area contributed by atoms with Crippen LogP contribution in [-0.2, 0) is 23.0 Å². The second-order valence-corrected chi connectivity index (χ2v) is 10.9. The van der Waals surface area contributed by atoms with Gasteiger partial charge in [0.15, 0.2) is 4.80 Å². The van der Waals surface area contributed by atoms with Crippen LogP contribution in [0, 0.1) is 0 Å². The Morgan fingerprint density at radius 1 is 1.14 bits per heavy atom. The Balaban J connectivity index is 1.46. The second-order valence-electron chi connectivity index (χ2n) is 8.01. The Labute approximate surface area is 207 Å². The lowest BCUT2D eigenvalue weighted by Gasteiger charge is -2.19. The molecule has 0 N–H and O–H groups in total. The number of ether oxygens (including phenoxy) is 1. The number of carbonyl (C=O) groups excluding carboxylic acids is 1. The first-order valence-electron chi connectivity index (χ1n) is 11.0. The third kappa shape index (κ3) is 4.17. The summed E-state index contributed by atoms with van der Waals surface area (Å²) in [6.45, 7) is 4.70. The Morgan fingerprint density at radius 2 is 1.91 bits per heavy atom. The number of methoxy groups -OCH3 is 1. The van der Waals surface area contributed by atoms with Crippen molar-refractivity contribution >= 4 is 43.2 Å². The van der Waals surface area contributed by atoms with Crippen LogP contribution in [0.15, 0.2) is 89.3 Å². The molecule has 0 aliphatic carbocycles. The SMILES string of the molecule is C=CCn1c(=NC(=O)c2ccc(S(=O)(=O)N3CCc4ccccc43)cc2)sc2cc(OC)ccc21. The first kappa shape index (κ1) is 23.1. The molecule has 9 heteroatoms. The van der Waals surface area contributed by atoms with E-state index in [1.54, 1.807) is 13.2 Å². The molecule has 1 aliphatic rings. The fraction of sp³-hybridized carbons (Fsp3) is 0.154. The molecule has 178 valence electrons. The molecule has 1 aliphatic heterocycles. The molecule has 0 bridgehead atoms. The van der Waals surface area contributed by atoms with Crippen molar-refractivity contribution in [2.45, 2.75) is 17.9 Å². The van der Waals surface area contributed by atoms with Crippen molar-refractivity contribution in [3.8, 4) is 5.75 Å². The van der Waals surface area contributed by atoms with Gasteiger partial charge in [-0.15, -0.1) is 6.58 Å². The highest BCUT2D eigenvalue weighted by Crippen LogP contribution is 2.32. The van der Waals surface area contributed by atoms with E-state index < -0.39 is 15.9 Å². The highest BCUT2D eigenvalue weighted by Gasteiger charge is 2.30. The van der Waals surface area contributed by atoms with Gasteiger partial charge in [-0.2, -0.15) is 4.99 Å². The second kappa shape index (κ2) is 9.16. The number of aromatic nitrogens is 1. The molecule has 2 heterocycles.